The average Bonchev–Trinajstić information content (AvgIpc) is 2.69. The van der Waals surface area contributed by atoms with Gasteiger partial charge in [0.2, 0.25) is 5.78 Å². The van der Waals surface area contributed by atoms with Crippen LogP contribution >= 0.6 is 0 Å². The van der Waals surface area contributed by atoms with E-state index >= 15 is 0 Å². The molecule has 17 heavy (non-hydrogen) atoms. The Labute approximate surface area is 92.9 Å². The molecule has 2 rings (SSSR count). The van der Waals surface area contributed by atoms with E-state index < -0.39 is 17.7 Å². The van der Waals surface area contributed by atoms with Crippen molar-refractivity contribution >= 4 is 11.7 Å². The summed E-state index contributed by atoms with van der Waals surface area (Å²) in [5.41, 5.74) is -1.02. The summed E-state index contributed by atoms with van der Waals surface area (Å²) in [6.45, 7) is 0. The molecule has 0 aliphatic rings. The highest BCUT2D eigenvalue weighted by Crippen LogP contribution is 2.28. The highest BCUT2D eigenvalue weighted by atomic mass is 19.4. The third kappa shape index (κ3) is 2.05. The van der Waals surface area contributed by atoms with Crippen molar-refractivity contribution in [3.63, 3.8) is 0 Å². The zero-order chi connectivity index (χ0) is 12.6. The normalized spacial score (nSPS) is 11.8. The molecule has 0 aliphatic carbocycles. The second kappa shape index (κ2) is 3.72. The molecule has 0 saturated heterocycles. The number of hydrogen-bond acceptors (Lipinski definition) is 4. The van der Waals surface area contributed by atoms with Gasteiger partial charge >= 0.3 is 12.1 Å². The second-order valence-electron chi connectivity index (χ2n) is 3.17. The number of esters is 1. The fraction of sp³-hybridized carbons (Fsp3) is 0.222. The number of halogens is 3. The first-order valence-corrected chi connectivity index (χ1v) is 4.42. The fourth-order valence-corrected chi connectivity index (χ4v) is 1.23. The van der Waals surface area contributed by atoms with Crippen LogP contribution in [0.2, 0.25) is 0 Å². The van der Waals surface area contributed by atoms with Crippen LogP contribution in [0.1, 0.15) is 16.1 Å². The lowest BCUT2D eigenvalue weighted by Gasteiger charge is -2.05. The molecule has 5 nitrogen and oxygen atoms in total. The molecule has 0 amide bonds. The van der Waals surface area contributed by atoms with Gasteiger partial charge in [0.1, 0.15) is 0 Å². The molecule has 2 heterocycles. The minimum absolute atomic E-state index is 0.00148. The number of ether oxygens (including phenoxy) is 1. The van der Waals surface area contributed by atoms with Crippen LogP contribution in [0, 0.1) is 0 Å². The van der Waals surface area contributed by atoms with Crippen molar-refractivity contribution in [2.24, 2.45) is 0 Å². The number of hydrogen-bond donors (Lipinski definition) is 0. The van der Waals surface area contributed by atoms with Gasteiger partial charge in [-0.05, 0) is 0 Å². The van der Waals surface area contributed by atoms with Gasteiger partial charge in [-0.3, -0.25) is 4.40 Å². The van der Waals surface area contributed by atoms with Gasteiger partial charge in [0.25, 0.3) is 0 Å². The molecule has 0 spiro atoms. The van der Waals surface area contributed by atoms with Crippen LogP contribution in [0.5, 0.6) is 0 Å². The first kappa shape index (κ1) is 11.4. The van der Waals surface area contributed by atoms with E-state index in [4.69, 9.17) is 0 Å². The van der Waals surface area contributed by atoms with Crippen LogP contribution in [0.4, 0.5) is 13.2 Å². The highest BCUT2D eigenvalue weighted by Gasteiger charge is 2.31. The van der Waals surface area contributed by atoms with Crippen molar-refractivity contribution in [1.82, 2.24) is 14.4 Å². The van der Waals surface area contributed by atoms with Crippen molar-refractivity contribution in [2.75, 3.05) is 7.11 Å². The van der Waals surface area contributed by atoms with Gasteiger partial charge < -0.3 is 4.74 Å². The zero-order valence-corrected chi connectivity index (χ0v) is 8.52. The van der Waals surface area contributed by atoms with Gasteiger partial charge in [0, 0.05) is 18.6 Å². The van der Waals surface area contributed by atoms with E-state index in [-0.39, 0.29) is 11.5 Å². The molecule has 0 aromatic carbocycles. The lowest BCUT2D eigenvalue weighted by molar-refractivity contribution is -0.138. The monoisotopic (exact) mass is 245 g/mol. The lowest BCUT2D eigenvalue weighted by Crippen LogP contribution is -2.07. The summed E-state index contributed by atoms with van der Waals surface area (Å²) >= 11 is 0. The molecule has 0 atom stereocenters. The van der Waals surface area contributed by atoms with Crippen LogP contribution in [-0.2, 0) is 10.9 Å². The highest BCUT2D eigenvalue weighted by molar-refractivity contribution is 5.87. The van der Waals surface area contributed by atoms with Crippen LogP contribution < -0.4 is 0 Å². The fourth-order valence-electron chi connectivity index (χ4n) is 1.23. The SMILES string of the molecule is COC(=O)c1cn2cc(C(F)(F)F)cnc2n1. The van der Waals surface area contributed by atoms with Gasteiger partial charge in [0.05, 0.1) is 12.7 Å². The molecule has 0 aliphatic heterocycles. The van der Waals surface area contributed by atoms with E-state index in [9.17, 15) is 18.0 Å². The number of fused-ring (bicyclic) bond motifs is 1. The summed E-state index contributed by atoms with van der Waals surface area (Å²) < 4.78 is 42.6. The number of nitrogens with zero attached hydrogens (tertiary/aromatic N) is 3. The third-order valence-electron chi connectivity index (χ3n) is 2.03. The Morgan fingerprint density at radius 1 is 1.41 bits per heavy atom. The van der Waals surface area contributed by atoms with Crippen molar-refractivity contribution in [2.45, 2.75) is 6.18 Å². The summed E-state index contributed by atoms with van der Waals surface area (Å²) in [5, 5.41) is 0. The molecule has 0 N–H and O–H groups in total. The summed E-state index contributed by atoms with van der Waals surface area (Å²) in [5.74, 6) is -0.734. The smallest absolute Gasteiger partial charge is 0.419 e. The van der Waals surface area contributed by atoms with Gasteiger partial charge in [-0.15, -0.1) is 0 Å². The van der Waals surface area contributed by atoms with Crippen LogP contribution in [0.3, 0.4) is 0 Å². The molecule has 0 bridgehead atoms. The largest absolute Gasteiger partial charge is 0.464 e. The van der Waals surface area contributed by atoms with E-state index in [2.05, 4.69) is 14.7 Å². The number of imidazole rings is 1. The van der Waals surface area contributed by atoms with Crippen molar-refractivity contribution < 1.29 is 22.7 Å². The molecule has 0 fully saturated rings. The van der Waals surface area contributed by atoms with Gasteiger partial charge in [-0.1, -0.05) is 0 Å². The van der Waals surface area contributed by atoms with Crippen LogP contribution in [0.15, 0.2) is 18.6 Å². The van der Waals surface area contributed by atoms with E-state index in [1.54, 1.807) is 0 Å². The molecule has 0 unspecified atom stereocenters. The number of methoxy groups -OCH3 is 1. The summed E-state index contributed by atoms with van der Waals surface area (Å²) in [6.07, 6.45) is -1.90. The quantitative estimate of drug-likeness (QED) is 0.715. The topological polar surface area (TPSA) is 56.5 Å². The van der Waals surface area contributed by atoms with Gasteiger partial charge in [-0.2, -0.15) is 13.2 Å². The van der Waals surface area contributed by atoms with E-state index in [1.807, 2.05) is 0 Å². The second-order valence-corrected chi connectivity index (χ2v) is 3.17. The molecule has 8 heteroatoms. The Balaban J connectivity index is 2.52. The number of carbonyl (C=O) groups is 1. The summed E-state index contributed by atoms with van der Waals surface area (Å²) in [4.78, 5) is 18.3. The van der Waals surface area contributed by atoms with E-state index in [0.29, 0.717) is 6.20 Å². The minimum Gasteiger partial charge on any atom is -0.464 e. The molecular formula is C9H6F3N3O2. The lowest BCUT2D eigenvalue weighted by atomic mass is 10.3. The third-order valence-corrected chi connectivity index (χ3v) is 2.03. The first-order valence-electron chi connectivity index (χ1n) is 4.42. The van der Waals surface area contributed by atoms with Crippen LogP contribution in [0.25, 0.3) is 5.78 Å². The molecule has 2 aromatic rings. The van der Waals surface area contributed by atoms with Gasteiger partial charge in [0.15, 0.2) is 5.69 Å². The maximum absolute atomic E-state index is 12.4. The molecule has 0 radical (unpaired) electrons. The number of carbonyl (C=O) groups excluding carboxylic acids is 1. The summed E-state index contributed by atoms with van der Waals surface area (Å²) in [6, 6.07) is 0. The number of rotatable bonds is 1. The van der Waals surface area contributed by atoms with Crippen molar-refractivity contribution in [3.8, 4) is 0 Å². The predicted molar refractivity (Wildman–Crippen MR) is 49.3 cm³/mol. The maximum Gasteiger partial charge on any atom is 0.419 e. The maximum atomic E-state index is 12.4. The Bertz CT molecular complexity index is 576. The predicted octanol–water partition coefficient (Wildman–Crippen LogP) is 1.53. The van der Waals surface area contributed by atoms with Crippen molar-refractivity contribution in [1.29, 1.82) is 0 Å². The Morgan fingerprint density at radius 2 is 2.12 bits per heavy atom. The first-order chi connectivity index (χ1) is 7.91. The minimum atomic E-state index is -4.49. The molecule has 2 aromatic heterocycles. The Morgan fingerprint density at radius 3 is 2.71 bits per heavy atom. The summed E-state index contributed by atoms with van der Waals surface area (Å²) in [7, 11) is 1.15. The average molecular weight is 245 g/mol. The Kier molecular flexibility index (Phi) is 2.49. The number of alkyl halides is 3. The number of aromatic nitrogens is 3. The standard InChI is InChI=1S/C9H6F3N3O2/c1-17-7(16)6-4-15-3-5(9(10,11)12)2-13-8(15)14-6/h2-4H,1H3. The molecule has 90 valence electrons. The van der Waals surface area contributed by atoms with E-state index in [1.165, 1.54) is 0 Å². The van der Waals surface area contributed by atoms with E-state index in [0.717, 1.165) is 23.9 Å². The van der Waals surface area contributed by atoms with Gasteiger partial charge in [-0.25, -0.2) is 14.8 Å². The van der Waals surface area contributed by atoms with Crippen LogP contribution in [-0.4, -0.2) is 27.4 Å². The Hall–Kier alpha value is -2.12. The zero-order valence-electron chi connectivity index (χ0n) is 8.52. The van der Waals surface area contributed by atoms with Crippen molar-refractivity contribution in [3.05, 3.63) is 29.8 Å². The molecular weight excluding hydrogens is 239 g/mol. The molecule has 0 saturated carbocycles.